The molecule has 10 rings (SSSR count). The van der Waals surface area contributed by atoms with Crippen LogP contribution >= 0.6 is 0 Å². The van der Waals surface area contributed by atoms with E-state index in [1.165, 1.54) is 70.9 Å². The molecule has 9 aromatic carbocycles. The van der Waals surface area contributed by atoms with E-state index in [0.29, 0.717) is 0 Å². The highest BCUT2D eigenvalue weighted by atomic mass is 15.1. The smallest absolute Gasteiger partial charge is 0.0548 e. The van der Waals surface area contributed by atoms with Gasteiger partial charge in [0.25, 0.3) is 0 Å². The highest BCUT2D eigenvalue weighted by Crippen LogP contribution is 2.47. The summed E-state index contributed by atoms with van der Waals surface area (Å²) in [4.78, 5) is 2.30. The maximum Gasteiger partial charge on any atom is 0.0548 e. The third-order valence-electron chi connectivity index (χ3n) is 9.66. The van der Waals surface area contributed by atoms with E-state index in [9.17, 15) is 0 Å². The first-order valence-electron chi connectivity index (χ1n) is 15.9. The van der Waals surface area contributed by atoms with Crippen molar-refractivity contribution in [3.8, 4) is 16.8 Å². The van der Waals surface area contributed by atoms with Crippen LogP contribution in [0.25, 0.3) is 70.9 Å². The Kier molecular flexibility index (Phi) is 5.31. The summed E-state index contributed by atoms with van der Waals surface area (Å²) in [7, 11) is 0. The number of nitrogens with zero attached hydrogens (tertiary/aromatic N) is 2. The number of rotatable bonds is 5. The molecule has 0 bridgehead atoms. The first kappa shape index (κ1) is 25.2. The summed E-state index contributed by atoms with van der Waals surface area (Å²) in [6, 6.07) is 61.7. The molecule has 0 amide bonds. The van der Waals surface area contributed by atoms with Gasteiger partial charge in [0.05, 0.1) is 11.0 Å². The second-order valence-corrected chi connectivity index (χ2v) is 12.2. The van der Waals surface area contributed by atoms with Crippen molar-refractivity contribution < 1.29 is 0 Å². The van der Waals surface area contributed by atoms with Crippen LogP contribution in [0, 0.1) is 0 Å². The summed E-state index contributed by atoms with van der Waals surface area (Å²) >= 11 is 0. The number of aromatic nitrogens is 1. The zero-order chi connectivity index (χ0) is 30.2. The summed E-state index contributed by atoms with van der Waals surface area (Å²) in [6.07, 6.45) is 0. The lowest BCUT2D eigenvalue weighted by molar-refractivity contribution is 1.18. The first-order chi connectivity index (χ1) is 22.8. The minimum atomic E-state index is 1.13. The van der Waals surface area contributed by atoms with Gasteiger partial charge in [-0.1, -0.05) is 109 Å². The number of anilines is 3. The van der Waals surface area contributed by atoms with Crippen LogP contribution in [-0.4, -0.2) is 4.57 Å². The van der Waals surface area contributed by atoms with E-state index in [2.05, 4.69) is 179 Å². The summed E-state index contributed by atoms with van der Waals surface area (Å²) < 4.78 is 2.46. The molecular formula is C44H28N2. The lowest BCUT2D eigenvalue weighted by Crippen LogP contribution is -2.09. The van der Waals surface area contributed by atoms with Gasteiger partial charge in [-0.15, -0.1) is 0 Å². The van der Waals surface area contributed by atoms with Gasteiger partial charge in [0, 0.05) is 38.9 Å². The van der Waals surface area contributed by atoms with Gasteiger partial charge >= 0.3 is 0 Å². The molecule has 0 spiro atoms. The third-order valence-corrected chi connectivity index (χ3v) is 9.66. The predicted octanol–water partition coefficient (Wildman–Crippen LogP) is 12.3. The van der Waals surface area contributed by atoms with Crippen molar-refractivity contribution in [1.82, 2.24) is 4.57 Å². The third kappa shape index (κ3) is 3.59. The second kappa shape index (κ2) is 9.69. The van der Waals surface area contributed by atoms with Gasteiger partial charge in [0.2, 0.25) is 0 Å². The molecule has 1 heterocycles. The number of fused-ring (bicyclic) bond motifs is 1. The summed E-state index contributed by atoms with van der Waals surface area (Å²) in [6.45, 7) is 0. The minimum Gasteiger partial charge on any atom is -0.311 e. The molecule has 0 fully saturated rings. The van der Waals surface area contributed by atoms with Crippen molar-refractivity contribution in [3.05, 3.63) is 170 Å². The largest absolute Gasteiger partial charge is 0.311 e. The zero-order valence-corrected chi connectivity index (χ0v) is 25.1. The molecule has 0 radical (unpaired) electrons. The van der Waals surface area contributed by atoms with Gasteiger partial charge in [0.15, 0.2) is 0 Å². The van der Waals surface area contributed by atoms with Crippen LogP contribution in [0.1, 0.15) is 0 Å². The fourth-order valence-corrected chi connectivity index (χ4v) is 7.70. The monoisotopic (exact) mass is 584 g/mol. The number of para-hydroxylation sites is 2. The Bertz CT molecular complexity index is 2630. The molecule has 2 heteroatoms. The van der Waals surface area contributed by atoms with Crippen LogP contribution in [-0.2, 0) is 0 Å². The van der Waals surface area contributed by atoms with Gasteiger partial charge < -0.3 is 9.47 Å². The molecule has 10 aromatic rings. The highest BCUT2D eigenvalue weighted by Gasteiger charge is 2.22. The molecule has 214 valence electrons. The molecule has 0 saturated heterocycles. The molecule has 0 atom stereocenters. The van der Waals surface area contributed by atoms with E-state index < -0.39 is 0 Å². The van der Waals surface area contributed by atoms with Crippen molar-refractivity contribution in [2.24, 2.45) is 0 Å². The molecule has 2 nitrogen and oxygen atoms in total. The zero-order valence-electron chi connectivity index (χ0n) is 25.1. The molecule has 0 aliphatic rings. The first-order valence-corrected chi connectivity index (χ1v) is 15.9. The van der Waals surface area contributed by atoms with Crippen molar-refractivity contribution in [1.29, 1.82) is 0 Å². The number of hydrogen-bond donors (Lipinski definition) is 0. The van der Waals surface area contributed by atoms with E-state index in [0.717, 1.165) is 17.1 Å². The van der Waals surface area contributed by atoms with Crippen LogP contribution in [0.3, 0.4) is 0 Å². The molecule has 0 N–H and O–H groups in total. The van der Waals surface area contributed by atoms with E-state index in [1.54, 1.807) is 0 Å². The van der Waals surface area contributed by atoms with E-state index in [4.69, 9.17) is 0 Å². The van der Waals surface area contributed by atoms with E-state index >= 15 is 0 Å². The van der Waals surface area contributed by atoms with Crippen LogP contribution in [0.4, 0.5) is 17.1 Å². The standard InChI is InChI=1S/C44H28N2/c1-3-12-33(13-4-1)45(34-14-5-2-6-15-34)35-25-22-29(23-26-35)32-11-7-16-36(28-32)46-39-19-9-18-38-37-17-8-10-30-20-21-31-24-27-40(46)44(43(38)39)42(31)41(30)37/h1-28H. The molecule has 0 unspecified atom stereocenters. The number of benzene rings is 9. The Hall–Kier alpha value is -6.12. The topological polar surface area (TPSA) is 8.17 Å². The van der Waals surface area contributed by atoms with Crippen molar-refractivity contribution in [3.63, 3.8) is 0 Å². The molecule has 0 aliphatic heterocycles. The maximum atomic E-state index is 2.46. The predicted molar refractivity (Wildman–Crippen MR) is 196 cm³/mol. The normalized spacial score (nSPS) is 11.9. The minimum absolute atomic E-state index is 1.13. The van der Waals surface area contributed by atoms with Crippen LogP contribution in [0.5, 0.6) is 0 Å². The van der Waals surface area contributed by atoms with Gasteiger partial charge in [-0.3, -0.25) is 0 Å². The Morgan fingerprint density at radius 3 is 1.67 bits per heavy atom. The Morgan fingerprint density at radius 1 is 0.348 bits per heavy atom. The van der Waals surface area contributed by atoms with Gasteiger partial charge in [-0.05, 0) is 98.7 Å². The SMILES string of the molecule is c1ccc(N(c2ccccc2)c2ccc(-c3cccc(-n4c5cccc6c7cccc8ccc9ccc4c(c9c87)c65)c3)cc2)cc1. The molecule has 46 heavy (non-hydrogen) atoms. The summed E-state index contributed by atoms with van der Waals surface area (Å²) in [5.41, 5.74) is 9.47. The maximum absolute atomic E-state index is 2.46. The molecular weight excluding hydrogens is 556 g/mol. The van der Waals surface area contributed by atoms with E-state index in [-0.39, 0.29) is 0 Å². The Morgan fingerprint density at radius 2 is 0.935 bits per heavy atom. The van der Waals surface area contributed by atoms with Crippen molar-refractivity contribution in [2.75, 3.05) is 4.90 Å². The fraction of sp³-hybridized carbons (Fsp3) is 0. The van der Waals surface area contributed by atoms with E-state index in [1.807, 2.05) is 0 Å². The molecule has 0 saturated carbocycles. The van der Waals surface area contributed by atoms with Gasteiger partial charge in [0.1, 0.15) is 0 Å². The quantitative estimate of drug-likeness (QED) is 0.144. The Balaban J connectivity index is 1.13. The van der Waals surface area contributed by atoms with Gasteiger partial charge in [-0.25, -0.2) is 0 Å². The van der Waals surface area contributed by atoms with Crippen LogP contribution < -0.4 is 4.90 Å². The van der Waals surface area contributed by atoms with Gasteiger partial charge in [-0.2, -0.15) is 0 Å². The lowest BCUT2D eigenvalue weighted by Gasteiger charge is -2.25. The van der Waals surface area contributed by atoms with Crippen molar-refractivity contribution >= 4 is 71.2 Å². The average molecular weight is 585 g/mol. The number of hydrogen-bond acceptors (Lipinski definition) is 1. The Labute approximate surface area is 266 Å². The fourth-order valence-electron chi connectivity index (χ4n) is 7.70. The second-order valence-electron chi connectivity index (χ2n) is 12.2. The van der Waals surface area contributed by atoms with Crippen LogP contribution in [0.2, 0.25) is 0 Å². The van der Waals surface area contributed by atoms with Crippen LogP contribution in [0.15, 0.2) is 170 Å². The van der Waals surface area contributed by atoms with Crippen molar-refractivity contribution in [2.45, 2.75) is 0 Å². The summed E-state index contributed by atoms with van der Waals surface area (Å²) in [5, 5.41) is 10.7. The molecule has 0 aliphatic carbocycles. The summed E-state index contributed by atoms with van der Waals surface area (Å²) in [5.74, 6) is 0. The average Bonchev–Trinajstić information content (AvgIpc) is 3.47. The lowest BCUT2D eigenvalue weighted by atomic mass is 9.89. The molecule has 1 aromatic heterocycles. The highest BCUT2D eigenvalue weighted by molar-refractivity contribution is 6.40.